The number of aromatic nitrogens is 1. The van der Waals surface area contributed by atoms with E-state index >= 15 is 0 Å². The van der Waals surface area contributed by atoms with Crippen LogP contribution in [0.3, 0.4) is 0 Å². The second kappa shape index (κ2) is 6.39. The van der Waals surface area contributed by atoms with Gasteiger partial charge in [0.15, 0.2) is 17.3 Å². The Bertz CT molecular complexity index is 794. The molecule has 6 heteroatoms. The van der Waals surface area contributed by atoms with Gasteiger partial charge in [0.25, 0.3) is 5.91 Å². The van der Waals surface area contributed by atoms with Crippen LogP contribution in [-0.4, -0.2) is 35.9 Å². The molecule has 1 amide bonds. The van der Waals surface area contributed by atoms with Gasteiger partial charge in [-0.25, -0.2) is 0 Å². The molecule has 2 heterocycles. The average molecular weight is 328 g/mol. The van der Waals surface area contributed by atoms with Gasteiger partial charge in [-0.1, -0.05) is 12.1 Å². The first kappa shape index (κ1) is 16.1. The number of carbonyl (C=O) groups excluding carboxylic acids is 2. The first-order valence-electron chi connectivity index (χ1n) is 7.84. The molecule has 1 aliphatic heterocycles. The third-order valence-electron chi connectivity index (χ3n) is 4.07. The summed E-state index contributed by atoms with van der Waals surface area (Å²) in [6.07, 6.45) is -0.257. The molecule has 2 aromatic rings. The van der Waals surface area contributed by atoms with E-state index in [9.17, 15) is 9.59 Å². The van der Waals surface area contributed by atoms with Crippen LogP contribution in [0.15, 0.2) is 24.3 Å². The Kier molecular flexibility index (Phi) is 4.29. The minimum atomic E-state index is -0.259. The van der Waals surface area contributed by atoms with Crippen molar-refractivity contribution in [3.05, 3.63) is 46.8 Å². The second-order valence-electron chi connectivity index (χ2n) is 5.89. The summed E-state index contributed by atoms with van der Waals surface area (Å²) in [5.41, 5.74) is 2.36. The summed E-state index contributed by atoms with van der Waals surface area (Å²) in [7, 11) is 0. The molecule has 1 aliphatic rings. The van der Waals surface area contributed by atoms with Gasteiger partial charge in [-0.05, 0) is 38.5 Å². The first-order valence-corrected chi connectivity index (χ1v) is 7.84. The molecule has 24 heavy (non-hydrogen) atoms. The number of ketones is 1. The number of Topliss-reactive ketones (excluding diaryl/α,β-unsaturated/α-hetero) is 1. The molecule has 0 radical (unpaired) electrons. The van der Waals surface area contributed by atoms with Gasteiger partial charge in [0.05, 0.1) is 6.54 Å². The smallest absolute Gasteiger partial charge is 0.268 e. The Labute approximate surface area is 140 Å². The number of amides is 1. The minimum Gasteiger partial charge on any atom is -0.486 e. The number of fused-ring (bicyclic) bond motifs is 1. The van der Waals surface area contributed by atoms with Gasteiger partial charge in [-0.15, -0.1) is 0 Å². The summed E-state index contributed by atoms with van der Waals surface area (Å²) in [6, 6.07) is 7.43. The molecule has 0 spiro atoms. The van der Waals surface area contributed by atoms with Gasteiger partial charge in [0, 0.05) is 11.3 Å². The maximum Gasteiger partial charge on any atom is 0.268 e. The van der Waals surface area contributed by atoms with E-state index in [-0.39, 0.29) is 17.8 Å². The van der Waals surface area contributed by atoms with Crippen molar-refractivity contribution in [3.8, 4) is 11.5 Å². The fraction of sp³-hybridized carbons (Fsp3) is 0.333. The molecule has 1 aromatic carbocycles. The van der Waals surface area contributed by atoms with E-state index in [0.717, 1.165) is 0 Å². The zero-order chi connectivity index (χ0) is 17.3. The number of carbonyl (C=O) groups is 2. The highest BCUT2D eigenvalue weighted by atomic mass is 16.6. The molecule has 0 aliphatic carbocycles. The highest BCUT2D eigenvalue weighted by Gasteiger charge is 2.23. The lowest BCUT2D eigenvalue weighted by Crippen LogP contribution is -2.41. The molecule has 0 unspecified atom stereocenters. The van der Waals surface area contributed by atoms with Crippen LogP contribution in [0.1, 0.15) is 39.0 Å². The lowest BCUT2D eigenvalue weighted by Gasteiger charge is -2.26. The zero-order valence-electron chi connectivity index (χ0n) is 13.9. The number of H-pyrrole nitrogens is 1. The fourth-order valence-electron chi connectivity index (χ4n) is 2.96. The number of aryl methyl sites for hydroxylation is 1. The molecule has 0 saturated carbocycles. The van der Waals surface area contributed by atoms with E-state index in [4.69, 9.17) is 9.47 Å². The number of benzene rings is 1. The lowest BCUT2D eigenvalue weighted by atomic mass is 10.1. The van der Waals surface area contributed by atoms with Crippen LogP contribution in [-0.2, 0) is 0 Å². The Hall–Kier alpha value is -2.76. The zero-order valence-corrected chi connectivity index (χ0v) is 13.9. The number of para-hydroxylation sites is 2. The topological polar surface area (TPSA) is 80.4 Å². The van der Waals surface area contributed by atoms with Crippen LogP contribution in [0.25, 0.3) is 0 Å². The van der Waals surface area contributed by atoms with Gasteiger partial charge in [0.2, 0.25) is 0 Å². The Morgan fingerprint density at radius 3 is 2.62 bits per heavy atom. The number of nitrogens with one attached hydrogen (secondary N) is 2. The summed E-state index contributed by atoms with van der Waals surface area (Å²) >= 11 is 0. The fourth-order valence-corrected chi connectivity index (χ4v) is 2.96. The summed E-state index contributed by atoms with van der Waals surface area (Å²) in [4.78, 5) is 27.0. The van der Waals surface area contributed by atoms with Crippen molar-refractivity contribution >= 4 is 11.7 Å². The van der Waals surface area contributed by atoms with Gasteiger partial charge in [-0.3, -0.25) is 9.59 Å². The maximum atomic E-state index is 12.4. The average Bonchev–Trinajstić information content (AvgIpc) is 2.87. The normalized spacial score (nSPS) is 15.9. The van der Waals surface area contributed by atoms with Gasteiger partial charge < -0.3 is 19.8 Å². The summed E-state index contributed by atoms with van der Waals surface area (Å²) < 4.78 is 11.4. The number of hydrogen-bond acceptors (Lipinski definition) is 4. The standard InChI is InChI=1S/C18H20N2O4/c1-10-16(12(3)21)11(2)20-17(10)18(22)19-8-13-9-23-14-6-4-5-7-15(14)24-13/h4-7,13,20H,8-9H2,1-3H3,(H,19,22)/t13-/m0/s1. The van der Waals surface area contributed by atoms with Gasteiger partial charge >= 0.3 is 0 Å². The van der Waals surface area contributed by atoms with Crippen molar-refractivity contribution in [3.63, 3.8) is 0 Å². The van der Waals surface area contributed by atoms with E-state index in [2.05, 4.69) is 10.3 Å². The van der Waals surface area contributed by atoms with Crippen molar-refractivity contribution in [2.45, 2.75) is 26.9 Å². The van der Waals surface area contributed by atoms with E-state index in [1.165, 1.54) is 6.92 Å². The Balaban J connectivity index is 1.65. The van der Waals surface area contributed by atoms with Crippen LogP contribution in [0.2, 0.25) is 0 Å². The van der Waals surface area contributed by atoms with Gasteiger partial charge in [0.1, 0.15) is 18.4 Å². The minimum absolute atomic E-state index is 0.0547. The number of aromatic amines is 1. The first-order chi connectivity index (χ1) is 11.5. The van der Waals surface area contributed by atoms with Crippen LogP contribution in [0.5, 0.6) is 11.5 Å². The molecule has 2 N–H and O–H groups in total. The quantitative estimate of drug-likeness (QED) is 0.845. The van der Waals surface area contributed by atoms with E-state index in [1.54, 1.807) is 13.8 Å². The highest BCUT2D eigenvalue weighted by molar-refractivity contribution is 6.02. The van der Waals surface area contributed by atoms with Crippen molar-refractivity contribution in [1.29, 1.82) is 0 Å². The third-order valence-corrected chi connectivity index (χ3v) is 4.07. The van der Waals surface area contributed by atoms with Crippen molar-refractivity contribution in [2.24, 2.45) is 0 Å². The summed E-state index contributed by atoms with van der Waals surface area (Å²) in [5, 5.41) is 2.83. The van der Waals surface area contributed by atoms with E-state index in [0.29, 0.717) is 47.2 Å². The molecule has 0 saturated heterocycles. The Morgan fingerprint density at radius 2 is 1.96 bits per heavy atom. The monoisotopic (exact) mass is 328 g/mol. The summed E-state index contributed by atoms with van der Waals surface area (Å²) in [6.45, 7) is 5.75. The van der Waals surface area contributed by atoms with Crippen LogP contribution in [0, 0.1) is 13.8 Å². The Morgan fingerprint density at radius 1 is 1.25 bits per heavy atom. The number of ether oxygens (including phenoxy) is 2. The molecule has 3 rings (SSSR count). The number of hydrogen-bond donors (Lipinski definition) is 2. The highest BCUT2D eigenvalue weighted by Crippen LogP contribution is 2.30. The molecule has 0 bridgehead atoms. The molecule has 126 valence electrons. The van der Waals surface area contributed by atoms with Crippen LogP contribution in [0.4, 0.5) is 0 Å². The molecular formula is C18H20N2O4. The second-order valence-corrected chi connectivity index (χ2v) is 5.89. The lowest BCUT2D eigenvalue weighted by molar-refractivity contribution is 0.0786. The van der Waals surface area contributed by atoms with Crippen molar-refractivity contribution in [1.82, 2.24) is 10.3 Å². The van der Waals surface area contributed by atoms with E-state index in [1.807, 2.05) is 24.3 Å². The molecular weight excluding hydrogens is 308 g/mol. The summed E-state index contributed by atoms with van der Waals surface area (Å²) in [5.74, 6) is 1.07. The largest absolute Gasteiger partial charge is 0.486 e. The third kappa shape index (κ3) is 2.99. The molecule has 0 fully saturated rings. The predicted octanol–water partition coefficient (Wildman–Crippen LogP) is 2.40. The van der Waals surface area contributed by atoms with E-state index < -0.39 is 0 Å². The van der Waals surface area contributed by atoms with Crippen molar-refractivity contribution < 1.29 is 19.1 Å². The molecule has 6 nitrogen and oxygen atoms in total. The molecule has 1 atom stereocenters. The maximum absolute atomic E-state index is 12.4. The number of rotatable bonds is 4. The van der Waals surface area contributed by atoms with Crippen LogP contribution >= 0.6 is 0 Å². The SMILES string of the molecule is CC(=O)c1c(C)[nH]c(C(=O)NC[C@H]2COc3ccccc3O2)c1C. The predicted molar refractivity (Wildman–Crippen MR) is 89.0 cm³/mol. The van der Waals surface area contributed by atoms with Crippen LogP contribution < -0.4 is 14.8 Å². The van der Waals surface area contributed by atoms with Gasteiger partial charge in [-0.2, -0.15) is 0 Å². The van der Waals surface area contributed by atoms with Crippen molar-refractivity contribution in [2.75, 3.05) is 13.2 Å². The molecule has 1 aromatic heterocycles.